The van der Waals surface area contributed by atoms with Gasteiger partial charge < -0.3 is 34.4 Å². The summed E-state index contributed by atoms with van der Waals surface area (Å²) in [4.78, 5) is 25.2. The van der Waals surface area contributed by atoms with E-state index in [1.807, 2.05) is 60.0 Å². The van der Waals surface area contributed by atoms with Crippen LogP contribution in [0.5, 0.6) is 5.75 Å². The normalized spacial score (nSPS) is 21.1. The minimum atomic E-state index is -1.23. The number of carbonyl (C=O) groups excluding carboxylic acids is 1. The Kier molecular flexibility index (Phi) is 9.99. The van der Waals surface area contributed by atoms with Gasteiger partial charge in [0.25, 0.3) is 0 Å². The Morgan fingerprint density at radius 2 is 1.55 bits per heavy atom. The quantitative estimate of drug-likeness (QED) is 0.247. The Balaban J connectivity index is 0.00000417. The number of benzene rings is 3. The molecular formula is C35H41F2N7O5. The second kappa shape index (κ2) is 14.4. The SMILES string of the molecule is CC(C)N1CCN(c2ccc(N3CCN(c4ccc(OC[C@H]5OC[C@](Cn6cncn6)(c6ccc(F)cc6F)O5)cc4)CC3)cc2)C1=O.O. The molecule has 3 aliphatic heterocycles. The van der Waals surface area contributed by atoms with Crippen LogP contribution in [-0.4, -0.2) is 96.0 Å². The number of rotatable bonds is 10. The van der Waals surface area contributed by atoms with Crippen molar-refractivity contribution in [2.24, 2.45) is 0 Å². The molecule has 3 aliphatic rings. The first kappa shape index (κ1) is 34.1. The fraction of sp³-hybridized carbons (Fsp3) is 0.400. The van der Waals surface area contributed by atoms with Gasteiger partial charge in [0.15, 0.2) is 6.29 Å². The van der Waals surface area contributed by atoms with Gasteiger partial charge in [0, 0.05) is 74.0 Å². The summed E-state index contributed by atoms with van der Waals surface area (Å²) in [6.45, 7) is 9.31. The summed E-state index contributed by atoms with van der Waals surface area (Å²) in [5.41, 5.74) is 2.15. The van der Waals surface area contributed by atoms with Gasteiger partial charge in [0.05, 0.1) is 13.2 Å². The smallest absolute Gasteiger partial charge is 0.324 e. The van der Waals surface area contributed by atoms with Crippen molar-refractivity contribution >= 4 is 23.1 Å². The number of urea groups is 1. The molecule has 1 aromatic heterocycles. The Labute approximate surface area is 283 Å². The molecule has 2 atom stereocenters. The van der Waals surface area contributed by atoms with E-state index in [-0.39, 0.29) is 42.9 Å². The van der Waals surface area contributed by atoms with Gasteiger partial charge in [-0.2, -0.15) is 5.10 Å². The van der Waals surface area contributed by atoms with Gasteiger partial charge in [0.1, 0.15) is 42.2 Å². The Morgan fingerprint density at radius 3 is 2.14 bits per heavy atom. The van der Waals surface area contributed by atoms with Crippen LogP contribution >= 0.6 is 0 Å². The minimum Gasteiger partial charge on any atom is -0.488 e. The number of hydrogen-bond acceptors (Lipinski definition) is 8. The molecule has 4 heterocycles. The van der Waals surface area contributed by atoms with Crippen molar-refractivity contribution in [1.29, 1.82) is 0 Å². The van der Waals surface area contributed by atoms with Gasteiger partial charge in [-0.25, -0.2) is 23.2 Å². The van der Waals surface area contributed by atoms with E-state index in [1.54, 1.807) is 0 Å². The fourth-order valence-electron chi connectivity index (χ4n) is 6.63. The highest BCUT2D eigenvalue weighted by Crippen LogP contribution is 2.37. The molecule has 0 aliphatic carbocycles. The van der Waals surface area contributed by atoms with E-state index in [0.717, 1.165) is 55.9 Å². The van der Waals surface area contributed by atoms with Gasteiger partial charge in [-0.1, -0.05) is 6.07 Å². The molecule has 0 radical (unpaired) electrons. The van der Waals surface area contributed by atoms with E-state index < -0.39 is 23.5 Å². The lowest BCUT2D eigenvalue weighted by atomic mass is 9.94. The minimum absolute atomic E-state index is 0. The van der Waals surface area contributed by atoms with Crippen LogP contribution in [0.2, 0.25) is 0 Å². The number of carbonyl (C=O) groups is 1. The zero-order valence-electron chi connectivity index (χ0n) is 27.5. The predicted octanol–water partition coefficient (Wildman–Crippen LogP) is 4.06. The summed E-state index contributed by atoms with van der Waals surface area (Å²) in [5.74, 6) is -0.736. The molecule has 3 fully saturated rings. The number of ether oxygens (including phenoxy) is 3. The summed E-state index contributed by atoms with van der Waals surface area (Å²) in [6, 6.07) is 19.9. The van der Waals surface area contributed by atoms with Gasteiger partial charge in [0.2, 0.25) is 0 Å². The number of amides is 2. The maximum absolute atomic E-state index is 14.9. The molecule has 12 nitrogen and oxygen atoms in total. The molecule has 0 bridgehead atoms. The maximum atomic E-state index is 14.9. The highest BCUT2D eigenvalue weighted by molar-refractivity contribution is 5.94. The zero-order chi connectivity index (χ0) is 33.3. The van der Waals surface area contributed by atoms with E-state index >= 15 is 0 Å². The van der Waals surface area contributed by atoms with Crippen molar-refractivity contribution < 1.29 is 33.3 Å². The third kappa shape index (κ3) is 7.16. The van der Waals surface area contributed by atoms with Gasteiger partial charge in [-0.05, 0) is 68.4 Å². The lowest BCUT2D eigenvalue weighted by molar-refractivity contribution is -0.117. The van der Waals surface area contributed by atoms with Crippen molar-refractivity contribution in [3.05, 3.63) is 96.6 Å². The Morgan fingerprint density at radius 1 is 0.898 bits per heavy atom. The number of nitrogens with zero attached hydrogens (tertiary/aromatic N) is 7. The lowest BCUT2D eigenvalue weighted by Crippen LogP contribution is -2.46. The molecule has 0 unspecified atom stereocenters. The van der Waals surface area contributed by atoms with E-state index in [0.29, 0.717) is 12.3 Å². The number of hydrogen-bond donors (Lipinski definition) is 0. The van der Waals surface area contributed by atoms with Crippen LogP contribution in [0, 0.1) is 11.6 Å². The summed E-state index contributed by atoms with van der Waals surface area (Å²) >= 11 is 0. The molecular weight excluding hydrogens is 636 g/mol. The number of halogens is 2. The average molecular weight is 678 g/mol. The van der Waals surface area contributed by atoms with Crippen molar-refractivity contribution in [3.8, 4) is 5.75 Å². The number of anilines is 3. The largest absolute Gasteiger partial charge is 0.488 e. The fourth-order valence-corrected chi connectivity index (χ4v) is 6.63. The molecule has 14 heteroatoms. The van der Waals surface area contributed by atoms with Gasteiger partial charge >= 0.3 is 6.03 Å². The lowest BCUT2D eigenvalue weighted by Gasteiger charge is -2.37. The molecule has 0 spiro atoms. The molecule has 0 saturated carbocycles. The van der Waals surface area contributed by atoms with Crippen LogP contribution in [-0.2, 0) is 21.6 Å². The van der Waals surface area contributed by atoms with E-state index in [2.05, 4.69) is 32.0 Å². The third-order valence-corrected chi connectivity index (χ3v) is 9.22. The molecule has 3 aromatic carbocycles. The van der Waals surface area contributed by atoms with Crippen LogP contribution in [0.3, 0.4) is 0 Å². The molecule has 2 N–H and O–H groups in total. The molecule has 260 valence electrons. The van der Waals surface area contributed by atoms with Crippen LogP contribution in [0.4, 0.5) is 30.6 Å². The van der Waals surface area contributed by atoms with Crippen LogP contribution in [0.15, 0.2) is 79.4 Å². The van der Waals surface area contributed by atoms with Crippen molar-refractivity contribution in [2.75, 3.05) is 67.2 Å². The van der Waals surface area contributed by atoms with Crippen molar-refractivity contribution in [1.82, 2.24) is 19.7 Å². The maximum Gasteiger partial charge on any atom is 0.324 e. The molecule has 49 heavy (non-hydrogen) atoms. The predicted molar refractivity (Wildman–Crippen MR) is 180 cm³/mol. The van der Waals surface area contributed by atoms with Crippen molar-refractivity contribution in [2.45, 2.75) is 38.3 Å². The van der Waals surface area contributed by atoms with Crippen molar-refractivity contribution in [3.63, 3.8) is 0 Å². The highest BCUT2D eigenvalue weighted by atomic mass is 19.1. The van der Waals surface area contributed by atoms with Crippen LogP contribution in [0.25, 0.3) is 0 Å². The zero-order valence-corrected chi connectivity index (χ0v) is 27.5. The van der Waals surface area contributed by atoms with E-state index in [4.69, 9.17) is 14.2 Å². The topological polar surface area (TPSA) is 120 Å². The molecule has 2 amide bonds. The monoisotopic (exact) mass is 677 g/mol. The average Bonchev–Trinajstić information content (AvgIpc) is 3.85. The highest BCUT2D eigenvalue weighted by Gasteiger charge is 2.45. The first-order chi connectivity index (χ1) is 23.3. The Bertz CT molecular complexity index is 1700. The summed E-state index contributed by atoms with van der Waals surface area (Å²) in [5, 5.41) is 4.13. The van der Waals surface area contributed by atoms with Gasteiger partial charge in [-0.3, -0.25) is 4.90 Å². The number of aromatic nitrogens is 3. The second-order valence-electron chi connectivity index (χ2n) is 12.6. The molecule has 7 rings (SSSR count). The second-order valence-corrected chi connectivity index (χ2v) is 12.6. The molecule has 3 saturated heterocycles. The number of piperazine rings is 1. The first-order valence-electron chi connectivity index (χ1n) is 16.3. The summed E-state index contributed by atoms with van der Waals surface area (Å²) in [6.07, 6.45) is 2.12. The summed E-state index contributed by atoms with van der Waals surface area (Å²) in [7, 11) is 0. The first-order valence-corrected chi connectivity index (χ1v) is 16.3. The van der Waals surface area contributed by atoms with E-state index in [1.165, 1.54) is 29.5 Å². The van der Waals surface area contributed by atoms with Crippen LogP contribution < -0.4 is 19.4 Å². The summed E-state index contributed by atoms with van der Waals surface area (Å²) < 4.78 is 48.2. The van der Waals surface area contributed by atoms with E-state index in [9.17, 15) is 13.6 Å². The van der Waals surface area contributed by atoms with Gasteiger partial charge in [-0.15, -0.1) is 0 Å². The van der Waals surface area contributed by atoms with Crippen LogP contribution in [0.1, 0.15) is 19.4 Å². The Hall–Kier alpha value is -4.79. The molecule has 4 aromatic rings. The third-order valence-electron chi connectivity index (χ3n) is 9.22. The standard InChI is InChI=1S/C35H39F2N7O4.H2O/c1-25(2)43-17-18-44(34(43)45)29-6-4-27(5-7-29)40-13-15-41(16-14-40)28-8-10-30(11-9-28)46-20-33-47-22-35(48-33,21-42-24-38-23-39-42)31-12-3-26(36)19-32(31)37;/h3-12,19,23-25,33H,13-18,20-22H2,1-2H3;1H2/t33-,35+;/m0./s1.